The molecule has 0 radical (unpaired) electrons. The number of anilines is 1. The van der Waals surface area contributed by atoms with Crippen molar-refractivity contribution < 1.29 is 4.79 Å². The van der Waals surface area contributed by atoms with Gasteiger partial charge in [-0.1, -0.05) is 66.7 Å². The Kier molecular flexibility index (Phi) is 5.10. The molecule has 0 heterocycles. The van der Waals surface area contributed by atoms with Crippen molar-refractivity contribution >= 4 is 23.2 Å². The van der Waals surface area contributed by atoms with Crippen LogP contribution in [-0.2, 0) is 4.79 Å². The standard InChI is InChI=1S/C23H21NO/c1-17-13-14-21(15-18(17)2)24-23(25)22(20-11-7-4-8-12-20)16-19-9-5-3-6-10-19/h3-16H,1-2H3,(H,24,25). The van der Waals surface area contributed by atoms with Gasteiger partial charge in [0.05, 0.1) is 0 Å². The van der Waals surface area contributed by atoms with Crippen LogP contribution < -0.4 is 5.32 Å². The number of benzene rings is 3. The Morgan fingerprint density at radius 3 is 2.08 bits per heavy atom. The summed E-state index contributed by atoms with van der Waals surface area (Å²) in [6.07, 6.45) is 1.92. The van der Waals surface area contributed by atoms with Gasteiger partial charge in [0.15, 0.2) is 0 Å². The van der Waals surface area contributed by atoms with Crippen LogP contribution in [0, 0.1) is 13.8 Å². The Balaban J connectivity index is 1.95. The average molecular weight is 327 g/mol. The summed E-state index contributed by atoms with van der Waals surface area (Å²) in [5.41, 5.74) is 5.71. The van der Waals surface area contributed by atoms with Crippen LogP contribution in [0.5, 0.6) is 0 Å². The van der Waals surface area contributed by atoms with E-state index >= 15 is 0 Å². The molecule has 0 bridgehead atoms. The first-order valence-corrected chi connectivity index (χ1v) is 8.34. The monoisotopic (exact) mass is 327 g/mol. The SMILES string of the molecule is Cc1ccc(NC(=O)C(=Cc2ccccc2)c2ccccc2)cc1C. The predicted molar refractivity (Wildman–Crippen MR) is 105 cm³/mol. The van der Waals surface area contributed by atoms with Gasteiger partial charge in [0, 0.05) is 11.3 Å². The minimum Gasteiger partial charge on any atom is -0.322 e. The van der Waals surface area contributed by atoms with Crippen LogP contribution in [0.4, 0.5) is 5.69 Å². The van der Waals surface area contributed by atoms with Crippen LogP contribution >= 0.6 is 0 Å². The summed E-state index contributed by atoms with van der Waals surface area (Å²) in [6.45, 7) is 4.11. The zero-order valence-corrected chi connectivity index (χ0v) is 14.5. The van der Waals surface area contributed by atoms with Gasteiger partial charge in [-0.15, -0.1) is 0 Å². The molecule has 3 aromatic rings. The van der Waals surface area contributed by atoms with Crippen molar-refractivity contribution in [3.05, 3.63) is 101 Å². The van der Waals surface area contributed by atoms with Gasteiger partial charge in [-0.25, -0.2) is 0 Å². The highest BCUT2D eigenvalue weighted by atomic mass is 16.1. The molecule has 0 atom stereocenters. The topological polar surface area (TPSA) is 29.1 Å². The number of hydrogen-bond donors (Lipinski definition) is 1. The van der Waals surface area contributed by atoms with E-state index in [4.69, 9.17) is 0 Å². The van der Waals surface area contributed by atoms with Crippen molar-refractivity contribution in [1.82, 2.24) is 0 Å². The summed E-state index contributed by atoms with van der Waals surface area (Å²) in [5.74, 6) is -0.113. The predicted octanol–water partition coefficient (Wildman–Crippen LogP) is 5.48. The second kappa shape index (κ2) is 7.63. The van der Waals surface area contributed by atoms with E-state index in [1.54, 1.807) is 0 Å². The van der Waals surface area contributed by atoms with Gasteiger partial charge in [0.25, 0.3) is 5.91 Å². The fourth-order valence-electron chi connectivity index (χ4n) is 2.63. The molecule has 0 fully saturated rings. The summed E-state index contributed by atoms with van der Waals surface area (Å²) in [5, 5.41) is 3.02. The van der Waals surface area contributed by atoms with E-state index < -0.39 is 0 Å². The lowest BCUT2D eigenvalue weighted by atomic mass is 10.0. The molecule has 3 rings (SSSR count). The second-order valence-corrected chi connectivity index (χ2v) is 6.09. The van der Waals surface area contributed by atoms with E-state index in [-0.39, 0.29) is 5.91 Å². The lowest BCUT2D eigenvalue weighted by Crippen LogP contribution is -2.13. The number of aryl methyl sites for hydroxylation is 2. The number of hydrogen-bond acceptors (Lipinski definition) is 1. The first-order chi connectivity index (χ1) is 12.1. The lowest BCUT2D eigenvalue weighted by molar-refractivity contribution is -0.111. The van der Waals surface area contributed by atoms with Crippen molar-refractivity contribution in [2.45, 2.75) is 13.8 Å². The Labute approximate surface area is 148 Å². The third kappa shape index (κ3) is 4.24. The summed E-state index contributed by atoms with van der Waals surface area (Å²) >= 11 is 0. The second-order valence-electron chi connectivity index (χ2n) is 6.09. The summed E-state index contributed by atoms with van der Waals surface area (Å²) in [7, 11) is 0. The zero-order valence-electron chi connectivity index (χ0n) is 14.5. The van der Waals surface area contributed by atoms with E-state index in [2.05, 4.69) is 12.2 Å². The molecule has 25 heavy (non-hydrogen) atoms. The highest BCUT2D eigenvalue weighted by Crippen LogP contribution is 2.21. The summed E-state index contributed by atoms with van der Waals surface area (Å²) in [6, 6.07) is 25.6. The molecule has 124 valence electrons. The van der Waals surface area contributed by atoms with Gasteiger partial charge in [0.2, 0.25) is 0 Å². The van der Waals surface area contributed by atoms with Crippen molar-refractivity contribution in [3.63, 3.8) is 0 Å². The van der Waals surface area contributed by atoms with E-state index in [0.717, 1.165) is 22.4 Å². The van der Waals surface area contributed by atoms with E-state index in [1.165, 1.54) is 5.56 Å². The smallest absolute Gasteiger partial charge is 0.256 e. The number of carbonyl (C=O) groups is 1. The minimum absolute atomic E-state index is 0.113. The van der Waals surface area contributed by atoms with E-state index in [1.807, 2.05) is 91.9 Å². The van der Waals surface area contributed by atoms with Crippen LogP contribution in [0.15, 0.2) is 78.9 Å². The van der Waals surface area contributed by atoms with Gasteiger partial charge < -0.3 is 5.32 Å². The highest BCUT2D eigenvalue weighted by molar-refractivity contribution is 6.29. The first-order valence-electron chi connectivity index (χ1n) is 8.34. The number of amides is 1. The molecule has 0 saturated heterocycles. The molecule has 0 unspecified atom stereocenters. The first kappa shape index (κ1) is 16.7. The molecule has 0 aliphatic rings. The van der Waals surface area contributed by atoms with Crippen molar-refractivity contribution in [1.29, 1.82) is 0 Å². The third-order valence-electron chi connectivity index (χ3n) is 4.20. The molecule has 1 amide bonds. The Hall–Kier alpha value is -3.13. The van der Waals surface area contributed by atoms with Crippen molar-refractivity contribution in [2.75, 3.05) is 5.32 Å². The van der Waals surface area contributed by atoms with Gasteiger partial charge in [-0.05, 0) is 54.3 Å². The summed E-state index contributed by atoms with van der Waals surface area (Å²) in [4.78, 5) is 12.9. The van der Waals surface area contributed by atoms with Crippen LogP contribution in [0.25, 0.3) is 11.6 Å². The molecule has 0 aliphatic heterocycles. The molecular weight excluding hydrogens is 306 g/mol. The largest absolute Gasteiger partial charge is 0.322 e. The van der Waals surface area contributed by atoms with Gasteiger partial charge in [-0.3, -0.25) is 4.79 Å². The quantitative estimate of drug-likeness (QED) is 0.499. The molecule has 0 aliphatic carbocycles. The molecule has 0 saturated carbocycles. The van der Waals surface area contributed by atoms with Gasteiger partial charge >= 0.3 is 0 Å². The Bertz CT molecular complexity index is 896. The number of rotatable bonds is 4. The molecule has 0 aromatic heterocycles. The fourth-order valence-corrected chi connectivity index (χ4v) is 2.63. The zero-order chi connectivity index (χ0) is 17.6. The maximum atomic E-state index is 12.9. The van der Waals surface area contributed by atoms with Crippen molar-refractivity contribution in [3.8, 4) is 0 Å². The van der Waals surface area contributed by atoms with Crippen LogP contribution in [0.2, 0.25) is 0 Å². The van der Waals surface area contributed by atoms with Gasteiger partial charge in [-0.2, -0.15) is 0 Å². The minimum atomic E-state index is -0.113. The van der Waals surface area contributed by atoms with Crippen LogP contribution in [-0.4, -0.2) is 5.91 Å². The fraction of sp³-hybridized carbons (Fsp3) is 0.0870. The van der Waals surface area contributed by atoms with Crippen molar-refractivity contribution in [2.24, 2.45) is 0 Å². The van der Waals surface area contributed by atoms with Crippen LogP contribution in [0.3, 0.4) is 0 Å². The Morgan fingerprint density at radius 2 is 1.44 bits per heavy atom. The van der Waals surface area contributed by atoms with Gasteiger partial charge in [0.1, 0.15) is 0 Å². The maximum Gasteiger partial charge on any atom is 0.256 e. The third-order valence-corrected chi connectivity index (χ3v) is 4.20. The molecule has 3 aromatic carbocycles. The Morgan fingerprint density at radius 1 is 0.800 bits per heavy atom. The molecular formula is C23H21NO. The molecule has 0 spiro atoms. The lowest BCUT2D eigenvalue weighted by Gasteiger charge is -2.11. The van der Waals surface area contributed by atoms with E-state index in [9.17, 15) is 4.79 Å². The normalized spacial score (nSPS) is 11.2. The average Bonchev–Trinajstić information content (AvgIpc) is 2.64. The molecule has 2 heteroatoms. The molecule has 2 nitrogen and oxygen atoms in total. The molecule has 1 N–H and O–H groups in total. The maximum absolute atomic E-state index is 12.9. The van der Waals surface area contributed by atoms with E-state index in [0.29, 0.717) is 5.57 Å². The summed E-state index contributed by atoms with van der Waals surface area (Å²) < 4.78 is 0. The number of nitrogens with one attached hydrogen (secondary N) is 1. The highest BCUT2D eigenvalue weighted by Gasteiger charge is 2.12. The number of carbonyl (C=O) groups excluding carboxylic acids is 1. The van der Waals surface area contributed by atoms with Crippen LogP contribution in [0.1, 0.15) is 22.3 Å².